The van der Waals surface area contributed by atoms with Gasteiger partial charge < -0.3 is 15.4 Å². The van der Waals surface area contributed by atoms with Crippen molar-refractivity contribution >= 4 is 29.1 Å². The minimum atomic E-state index is -0.313. The van der Waals surface area contributed by atoms with Crippen LogP contribution in [0.3, 0.4) is 0 Å². The van der Waals surface area contributed by atoms with Crippen LogP contribution in [0.5, 0.6) is 0 Å². The SMILES string of the molecule is Cc1ccc(NC(=O)COCC(=O)NC2CCCC(C)C2C)cc1Cl. The van der Waals surface area contributed by atoms with Crippen molar-refractivity contribution in [3.63, 3.8) is 0 Å². The van der Waals surface area contributed by atoms with Crippen LogP contribution >= 0.6 is 11.6 Å². The zero-order chi connectivity index (χ0) is 18.4. The molecule has 0 radical (unpaired) electrons. The number of aryl methyl sites for hydroxylation is 1. The van der Waals surface area contributed by atoms with E-state index in [9.17, 15) is 9.59 Å². The van der Waals surface area contributed by atoms with E-state index in [1.807, 2.05) is 13.0 Å². The lowest BCUT2D eigenvalue weighted by atomic mass is 9.78. The molecule has 1 aliphatic rings. The third kappa shape index (κ3) is 6.01. The van der Waals surface area contributed by atoms with E-state index in [4.69, 9.17) is 16.3 Å². The molecule has 1 saturated carbocycles. The Kier molecular flexibility index (Phi) is 7.26. The Bertz CT molecular complexity index is 621. The number of carbonyl (C=O) groups excluding carboxylic acids is 2. The minimum Gasteiger partial charge on any atom is -0.362 e. The molecule has 3 unspecified atom stereocenters. The summed E-state index contributed by atoms with van der Waals surface area (Å²) in [7, 11) is 0. The van der Waals surface area contributed by atoms with Crippen molar-refractivity contribution in [1.29, 1.82) is 0 Å². The zero-order valence-electron chi connectivity index (χ0n) is 15.1. The monoisotopic (exact) mass is 366 g/mol. The van der Waals surface area contributed by atoms with Crippen LogP contribution in [0.4, 0.5) is 5.69 Å². The summed E-state index contributed by atoms with van der Waals surface area (Å²) in [5.74, 6) is 0.601. The fraction of sp³-hybridized carbons (Fsp3) is 0.579. The zero-order valence-corrected chi connectivity index (χ0v) is 15.9. The summed E-state index contributed by atoms with van der Waals surface area (Å²) in [6.07, 6.45) is 3.36. The van der Waals surface area contributed by atoms with Gasteiger partial charge in [-0.3, -0.25) is 9.59 Å². The van der Waals surface area contributed by atoms with Crippen LogP contribution in [-0.4, -0.2) is 31.1 Å². The van der Waals surface area contributed by atoms with E-state index in [1.165, 1.54) is 6.42 Å². The van der Waals surface area contributed by atoms with Gasteiger partial charge >= 0.3 is 0 Å². The lowest BCUT2D eigenvalue weighted by Gasteiger charge is -2.34. The molecule has 0 spiro atoms. The van der Waals surface area contributed by atoms with Crippen LogP contribution in [0.25, 0.3) is 0 Å². The third-order valence-corrected chi connectivity index (χ3v) is 5.38. The van der Waals surface area contributed by atoms with Gasteiger partial charge in [-0.05, 0) is 42.9 Å². The average molecular weight is 367 g/mol. The van der Waals surface area contributed by atoms with E-state index in [1.54, 1.807) is 12.1 Å². The molecule has 2 N–H and O–H groups in total. The Hall–Kier alpha value is -1.59. The molecule has 0 aliphatic heterocycles. The van der Waals surface area contributed by atoms with Gasteiger partial charge in [0, 0.05) is 16.8 Å². The van der Waals surface area contributed by atoms with E-state index < -0.39 is 0 Å². The van der Waals surface area contributed by atoms with Crippen molar-refractivity contribution in [1.82, 2.24) is 5.32 Å². The minimum absolute atomic E-state index is 0.111. The van der Waals surface area contributed by atoms with Crippen LogP contribution in [0, 0.1) is 18.8 Å². The molecule has 0 bridgehead atoms. The molecule has 6 heteroatoms. The molecule has 1 aromatic carbocycles. The Morgan fingerprint density at radius 3 is 2.64 bits per heavy atom. The van der Waals surface area contributed by atoms with Gasteiger partial charge in [-0.2, -0.15) is 0 Å². The molecule has 138 valence electrons. The molecular weight excluding hydrogens is 340 g/mol. The maximum absolute atomic E-state index is 12.0. The number of benzene rings is 1. The lowest BCUT2D eigenvalue weighted by Crippen LogP contribution is -2.45. The Morgan fingerprint density at radius 2 is 1.92 bits per heavy atom. The average Bonchev–Trinajstić information content (AvgIpc) is 2.55. The topological polar surface area (TPSA) is 67.4 Å². The van der Waals surface area contributed by atoms with Gasteiger partial charge in [0.1, 0.15) is 13.2 Å². The predicted molar refractivity (Wildman–Crippen MR) is 99.7 cm³/mol. The van der Waals surface area contributed by atoms with Crippen molar-refractivity contribution in [2.24, 2.45) is 11.8 Å². The highest BCUT2D eigenvalue weighted by molar-refractivity contribution is 6.31. The molecule has 0 heterocycles. The number of hydrogen-bond acceptors (Lipinski definition) is 3. The molecule has 0 saturated heterocycles. The van der Waals surface area contributed by atoms with Gasteiger partial charge in [0.2, 0.25) is 11.8 Å². The van der Waals surface area contributed by atoms with Crippen molar-refractivity contribution < 1.29 is 14.3 Å². The second-order valence-electron chi connectivity index (χ2n) is 6.95. The summed E-state index contributed by atoms with van der Waals surface area (Å²) in [5.41, 5.74) is 1.55. The van der Waals surface area contributed by atoms with E-state index >= 15 is 0 Å². The van der Waals surface area contributed by atoms with Gasteiger partial charge in [0.25, 0.3) is 0 Å². The summed E-state index contributed by atoms with van der Waals surface area (Å²) in [5, 5.41) is 6.31. The van der Waals surface area contributed by atoms with Crippen molar-refractivity contribution in [2.75, 3.05) is 18.5 Å². The standard InChI is InChI=1S/C19H27ClN2O3/c1-12-5-4-6-17(14(12)3)22-19(24)11-25-10-18(23)21-15-8-7-13(2)16(20)9-15/h7-9,12,14,17H,4-6,10-11H2,1-3H3,(H,21,23)(H,22,24). The summed E-state index contributed by atoms with van der Waals surface area (Å²) >= 11 is 6.02. The smallest absolute Gasteiger partial charge is 0.250 e. The largest absolute Gasteiger partial charge is 0.362 e. The highest BCUT2D eigenvalue weighted by Crippen LogP contribution is 2.29. The predicted octanol–water partition coefficient (Wildman–Crippen LogP) is 3.54. The fourth-order valence-corrected chi connectivity index (χ4v) is 3.32. The Balaban J connectivity index is 1.69. The van der Waals surface area contributed by atoms with E-state index in [0.717, 1.165) is 18.4 Å². The van der Waals surface area contributed by atoms with Crippen LogP contribution in [-0.2, 0) is 14.3 Å². The molecule has 1 fully saturated rings. The number of halogens is 1. The van der Waals surface area contributed by atoms with E-state index in [-0.39, 0.29) is 31.1 Å². The number of rotatable bonds is 6. The summed E-state index contributed by atoms with van der Waals surface area (Å²) in [4.78, 5) is 23.9. The first kappa shape index (κ1) is 19.7. The van der Waals surface area contributed by atoms with E-state index in [0.29, 0.717) is 22.5 Å². The summed E-state index contributed by atoms with van der Waals surface area (Å²) in [6.45, 7) is 6.01. The highest BCUT2D eigenvalue weighted by atomic mass is 35.5. The second kappa shape index (κ2) is 9.20. The number of hydrogen-bond donors (Lipinski definition) is 2. The molecule has 1 aliphatic carbocycles. The molecule has 5 nitrogen and oxygen atoms in total. The first-order chi connectivity index (χ1) is 11.9. The molecule has 2 amide bonds. The van der Waals surface area contributed by atoms with Gasteiger partial charge in [0.05, 0.1) is 0 Å². The Labute approximate surface area is 154 Å². The maximum atomic E-state index is 12.0. The lowest BCUT2D eigenvalue weighted by molar-refractivity contribution is -0.129. The molecule has 1 aromatic rings. The van der Waals surface area contributed by atoms with Crippen LogP contribution < -0.4 is 10.6 Å². The highest BCUT2D eigenvalue weighted by Gasteiger charge is 2.28. The van der Waals surface area contributed by atoms with Crippen molar-refractivity contribution in [2.45, 2.75) is 46.1 Å². The number of amides is 2. The van der Waals surface area contributed by atoms with Crippen LogP contribution in [0.1, 0.15) is 38.7 Å². The number of anilines is 1. The van der Waals surface area contributed by atoms with Crippen molar-refractivity contribution in [3.05, 3.63) is 28.8 Å². The fourth-order valence-electron chi connectivity index (χ4n) is 3.14. The quantitative estimate of drug-likeness (QED) is 0.809. The summed E-state index contributed by atoms with van der Waals surface area (Å²) in [6, 6.07) is 5.49. The molecule has 3 atom stereocenters. The number of carbonyl (C=O) groups is 2. The molecule has 0 aromatic heterocycles. The van der Waals surface area contributed by atoms with Crippen molar-refractivity contribution in [3.8, 4) is 0 Å². The van der Waals surface area contributed by atoms with Gasteiger partial charge in [-0.1, -0.05) is 44.4 Å². The third-order valence-electron chi connectivity index (χ3n) is 4.98. The first-order valence-electron chi connectivity index (χ1n) is 8.80. The second-order valence-corrected chi connectivity index (χ2v) is 7.35. The number of ether oxygens (including phenoxy) is 1. The normalized spacial score (nSPS) is 23.1. The Morgan fingerprint density at radius 1 is 1.20 bits per heavy atom. The molecular formula is C19H27ClN2O3. The van der Waals surface area contributed by atoms with Crippen LogP contribution in [0.15, 0.2) is 18.2 Å². The van der Waals surface area contributed by atoms with Gasteiger partial charge in [-0.25, -0.2) is 0 Å². The summed E-state index contributed by atoms with van der Waals surface area (Å²) < 4.78 is 5.23. The number of nitrogens with one attached hydrogen (secondary N) is 2. The van der Waals surface area contributed by atoms with E-state index in [2.05, 4.69) is 24.5 Å². The molecule has 2 rings (SSSR count). The van der Waals surface area contributed by atoms with Crippen LogP contribution in [0.2, 0.25) is 5.02 Å². The first-order valence-corrected chi connectivity index (χ1v) is 9.17. The van der Waals surface area contributed by atoms with Gasteiger partial charge in [0.15, 0.2) is 0 Å². The molecule has 25 heavy (non-hydrogen) atoms. The van der Waals surface area contributed by atoms with Gasteiger partial charge in [-0.15, -0.1) is 0 Å². The maximum Gasteiger partial charge on any atom is 0.250 e.